The van der Waals surface area contributed by atoms with Gasteiger partial charge >= 0.3 is 5.97 Å². The zero-order valence-corrected chi connectivity index (χ0v) is 9.30. The van der Waals surface area contributed by atoms with E-state index in [1.165, 1.54) is 6.92 Å². The quantitative estimate of drug-likeness (QED) is 0.663. The molecule has 0 heterocycles. The molecule has 15 heavy (non-hydrogen) atoms. The molecule has 86 valence electrons. The predicted octanol–water partition coefficient (Wildman–Crippen LogP) is -0.847. The molecule has 0 aromatic rings. The van der Waals surface area contributed by atoms with Crippen LogP contribution in [0.3, 0.4) is 0 Å². The van der Waals surface area contributed by atoms with Gasteiger partial charge in [-0.3, -0.25) is 9.59 Å². The fourth-order valence-electron chi connectivity index (χ4n) is 1.76. The van der Waals surface area contributed by atoms with Crippen LogP contribution < -0.4 is 5.32 Å². The minimum atomic E-state index is -3.65. The van der Waals surface area contributed by atoms with Crippen LogP contribution in [0.2, 0.25) is 0 Å². The van der Waals surface area contributed by atoms with Crippen LogP contribution in [0.5, 0.6) is 0 Å². The van der Waals surface area contributed by atoms with Gasteiger partial charge in [-0.2, -0.15) is 0 Å². The van der Waals surface area contributed by atoms with E-state index in [0.29, 0.717) is 0 Å². The van der Waals surface area contributed by atoms with Crippen LogP contribution in [0.4, 0.5) is 0 Å². The lowest BCUT2D eigenvalue weighted by atomic mass is 9.79. The number of sulfone groups is 1. The summed E-state index contributed by atoms with van der Waals surface area (Å²) in [4.78, 5) is 21.6. The molecule has 2 N–H and O–H groups in total. The van der Waals surface area contributed by atoms with Gasteiger partial charge in [0.05, 0.1) is 0 Å². The first-order valence-electron chi connectivity index (χ1n) is 4.39. The second-order valence-corrected chi connectivity index (χ2v) is 6.20. The third kappa shape index (κ3) is 1.97. The summed E-state index contributed by atoms with van der Waals surface area (Å²) in [5.41, 5.74) is 0. The van der Waals surface area contributed by atoms with Crippen molar-refractivity contribution in [2.24, 2.45) is 0 Å². The average molecular weight is 235 g/mol. The minimum absolute atomic E-state index is 0.0548. The van der Waals surface area contributed by atoms with E-state index in [9.17, 15) is 18.0 Å². The lowest BCUT2D eigenvalue weighted by molar-refractivity contribution is -0.144. The third-order valence-corrected chi connectivity index (χ3v) is 4.59. The molecule has 0 aromatic heterocycles. The number of aliphatic carboxylic acids is 1. The molecular weight excluding hydrogens is 222 g/mol. The minimum Gasteiger partial charge on any atom is -0.480 e. The first kappa shape index (κ1) is 12.0. The first-order chi connectivity index (χ1) is 6.69. The highest BCUT2D eigenvalue weighted by Crippen LogP contribution is 2.39. The first-order valence-corrected chi connectivity index (χ1v) is 6.28. The topological polar surface area (TPSA) is 101 Å². The SMILES string of the molecule is CC(=O)NC1CC(C(=O)O)(S(C)(=O)=O)C1. The largest absolute Gasteiger partial charge is 0.480 e. The van der Waals surface area contributed by atoms with Crippen LogP contribution in [0.1, 0.15) is 19.8 Å². The summed E-state index contributed by atoms with van der Waals surface area (Å²) in [6.45, 7) is 1.31. The number of hydrogen-bond donors (Lipinski definition) is 2. The second-order valence-electron chi connectivity index (χ2n) is 3.88. The molecular formula is C8H13NO5S. The maximum atomic E-state index is 11.3. The normalized spacial score (nSPS) is 30.4. The highest BCUT2D eigenvalue weighted by molar-refractivity contribution is 7.93. The van der Waals surface area contributed by atoms with Gasteiger partial charge in [0.1, 0.15) is 0 Å². The highest BCUT2D eigenvalue weighted by atomic mass is 32.2. The van der Waals surface area contributed by atoms with Gasteiger partial charge in [0.25, 0.3) is 0 Å². The Balaban J connectivity index is 2.79. The maximum Gasteiger partial charge on any atom is 0.325 e. The summed E-state index contributed by atoms with van der Waals surface area (Å²) in [5.74, 6) is -1.63. The van der Waals surface area contributed by atoms with Crippen molar-refractivity contribution >= 4 is 21.7 Å². The molecule has 7 heteroatoms. The summed E-state index contributed by atoms with van der Waals surface area (Å²) >= 11 is 0. The van der Waals surface area contributed by atoms with E-state index >= 15 is 0 Å². The van der Waals surface area contributed by atoms with Gasteiger partial charge in [-0.15, -0.1) is 0 Å². The molecule has 1 aliphatic carbocycles. The van der Waals surface area contributed by atoms with Crippen molar-refractivity contribution < 1.29 is 23.1 Å². The highest BCUT2D eigenvalue weighted by Gasteiger charge is 2.58. The van der Waals surface area contributed by atoms with E-state index in [-0.39, 0.29) is 24.8 Å². The molecule has 1 saturated carbocycles. The number of carboxylic acids is 1. The molecule has 0 atom stereocenters. The van der Waals surface area contributed by atoms with Crippen LogP contribution in [0.25, 0.3) is 0 Å². The number of carboxylic acid groups (broad SMARTS) is 1. The summed E-state index contributed by atoms with van der Waals surface area (Å²) in [6, 6.07) is -0.353. The van der Waals surface area contributed by atoms with Crippen LogP contribution in [0.15, 0.2) is 0 Å². The predicted molar refractivity (Wildman–Crippen MR) is 52.0 cm³/mol. The van der Waals surface area contributed by atoms with Crippen molar-refractivity contribution in [2.45, 2.75) is 30.6 Å². The van der Waals surface area contributed by atoms with Gasteiger partial charge in [-0.25, -0.2) is 8.42 Å². The number of rotatable bonds is 3. The fourth-order valence-corrected chi connectivity index (χ4v) is 3.09. The summed E-state index contributed by atoms with van der Waals surface area (Å²) < 4.78 is 20.9. The molecule has 1 aliphatic rings. The van der Waals surface area contributed by atoms with E-state index in [0.717, 1.165) is 6.26 Å². The Bertz CT molecular complexity index is 393. The molecule has 6 nitrogen and oxygen atoms in total. The van der Waals surface area contributed by atoms with Crippen LogP contribution in [0, 0.1) is 0 Å². The van der Waals surface area contributed by atoms with Crippen molar-refractivity contribution in [1.29, 1.82) is 0 Å². The zero-order chi connectivity index (χ0) is 11.9. The van der Waals surface area contributed by atoms with E-state index in [1.807, 2.05) is 0 Å². The van der Waals surface area contributed by atoms with Gasteiger partial charge in [0, 0.05) is 19.2 Å². The molecule has 0 unspecified atom stereocenters. The Morgan fingerprint density at radius 1 is 1.40 bits per heavy atom. The van der Waals surface area contributed by atoms with Crippen molar-refractivity contribution in [3.8, 4) is 0 Å². The second kappa shape index (κ2) is 3.48. The summed E-state index contributed by atoms with van der Waals surface area (Å²) in [6.07, 6.45) is 0.798. The number of carbonyl (C=O) groups excluding carboxylic acids is 1. The van der Waals surface area contributed by atoms with Crippen molar-refractivity contribution in [3.63, 3.8) is 0 Å². The monoisotopic (exact) mass is 235 g/mol. The lowest BCUT2D eigenvalue weighted by Gasteiger charge is -2.42. The van der Waals surface area contributed by atoms with E-state index in [1.54, 1.807) is 0 Å². The molecule has 0 spiro atoms. The van der Waals surface area contributed by atoms with Gasteiger partial charge in [-0.1, -0.05) is 0 Å². The molecule has 0 aromatic carbocycles. The Morgan fingerprint density at radius 2 is 1.87 bits per heavy atom. The van der Waals surface area contributed by atoms with Gasteiger partial charge < -0.3 is 10.4 Å². The Kier molecular flexibility index (Phi) is 2.77. The number of carbonyl (C=O) groups is 2. The maximum absolute atomic E-state index is 11.3. The third-order valence-electron chi connectivity index (χ3n) is 2.66. The molecule has 1 fully saturated rings. The van der Waals surface area contributed by atoms with Crippen molar-refractivity contribution in [3.05, 3.63) is 0 Å². The Hall–Kier alpha value is -1.11. The van der Waals surface area contributed by atoms with E-state index in [4.69, 9.17) is 5.11 Å². The smallest absolute Gasteiger partial charge is 0.325 e. The summed E-state index contributed by atoms with van der Waals surface area (Å²) in [5, 5.41) is 11.4. The van der Waals surface area contributed by atoms with Gasteiger partial charge in [0.15, 0.2) is 14.6 Å². The number of hydrogen-bond acceptors (Lipinski definition) is 4. The molecule has 0 bridgehead atoms. The molecule has 0 saturated heterocycles. The molecule has 1 rings (SSSR count). The molecule has 0 aliphatic heterocycles. The Morgan fingerprint density at radius 3 is 2.13 bits per heavy atom. The summed E-state index contributed by atoms with van der Waals surface area (Å²) in [7, 11) is -3.65. The van der Waals surface area contributed by atoms with E-state index < -0.39 is 20.6 Å². The van der Waals surface area contributed by atoms with Crippen LogP contribution in [-0.2, 0) is 19.4 Å². The van der Waals surface area contributed by atoms with Gasteiger partial charge in [0.2, 0.25) is 5.91 Å². The van der Waals surface area contributed by atoms with E-state index in [2.05, 4.69) is 5.32 Å². The zero-order valence-electron chi connectivity index (χ0n) is 8.48. The Labute approximate surface area is 87.6 Å². The molecule has 0 radical (unpaired) electrons. The van der Waals surface area contributed by atoms with Crippen molar-refractivity contribution in [1.82, 2.24) is 5.32 Å². The molecule has 1 amide bonds. The van der Waals surface area contributed by atoms with Crippen molar-refractivity contribution in [2.75, 3.05) is 6.26 Å². The average Bonchev–Trinajstić information content (AvgIpc) is 1.91. The number of amides is 1. The fraction of sp³-hybridized carbons (Fsp3) is 0.750. The standard InChI is InChI=1S/C8H13NO5S/c1-5(10)9-6-3-8(4-6,7(11)12)15(2,13)14/h6H,3-4H2,1-2H3,(H,9,10)(H,11,12). The van der Waals surface area contributed by atoms with Crippen LogP contribution >= 0.6 is 0 Å². The van der Waals surface area contributed by atoms with Crippen LogP contribution in [-0.4, -0.2) is 42.4 Å². The number of nitrogens with one attached hydrogen (secondary N) is 1. The van der Waals surface area contributed by atoms with Gasteiger partial charge in [-0.05, 0) is 12.8 Å². The lowest BCUT2D eigenvalue weighted by Crippen LogP contribution is -2.62.